The Bertz CT molecular complexity index is 437. The molecule has 0 unspecified atom stereocenters. The van der Waals surface area contributed by atoms with E-state index >= 15 is 0 Å². The zero-order chi connectivity index (χ0) is 13.0. The summed E-state index contributed by atoms with van der Waals surface area (Å²) < 4.78 is 0. The molecule has 0 aromatic heterocycles. The van der Waals surface area contributed by atoms with Crippen molar-refractivity contribution in [2.24, 2.45) is 0 Å². The normalized spacial score (nSPS) is 17.6. The second-order valence-corrected chi connectivity index (χ2v) is 5.38. The quantitative estimate of drug-likeness (QED) is 0.812. The zero-order valence-corrected chi connectivity index (χ0v) is 11.4. The predicted molar refractivity (Wildman–Crippen MR) is 74.6 cm³/mol. The van der Waals surface area contributed by atoms with Gasteiger partial charge in [-0.25, -0.2) is 0 Å². The van der Waals surface area contributed by atoms with Crippen LogP contribution in [0.1, 0.15) is 41.9 Å². The van der Waals surface area contributed by atoms with Gasteiger partial charge in [0.25, 0.3) is 0 Å². The van der Waals surface area contributed by atoms with Gasteiger partial charge in [0, 0.05) is 13.0 Å². The molecule has 1 heterocycles. The molecule has 1 fully saturated rings. The van der Waals surface area contributed by atoms with Gasteiger partial charge in [0.2, 0.25) is 0 Å². The van der Waals surface area contributed by atoms with Gasteiger partial charge < -0.3 is 4.90 Å². The number of aryl methyl sites for hydroxylation is 2. The lowest BCUT2D eigenvalue weighted by Gasteiger charge is -2.32. The average Bonchev–Trinajstić information content (AvgIpc) is 2.37. The molecule has 1 aliphatic rings. The molecule has 2 rings (SSSR count). The van der Waals surface area contributed by atoms with Crippen LogP contribution in [0.25, 0.3) is 0 Å². The number of nitrogens with zero attached hydrogens (tertiary/aromatic N) is 2. The van der Waals surface area contributed by atoms with Crippen molar-refractivity contribution in [3.8, 4) is 6.07 Å². The Kier molecular flexibility index (Phi) is 4.38. The molecule has 18 heavy (non-hydrogen) atoms. The minimum Gasteiger partial charge on any atom is -0.302 e. The molecular formula is C16H22N2. The standard InChI is InChI=1S/C16H22N2/c1-13-4-5-16(14(2)12-13)15-6-10-18(11-7-15)9-3-8-17/h4-5,12,15H,3,6-7,9-11H2,1-2H3. The van der Waals surface area contributed by atoms with E-state index in [0.29, 0.717) is 12.3 Å². The van der Waals surface area contributed by atoms with E-state index in [2.05, 4.69) is 43.0 Å². The highest BCUT2D eigenvalue weighted by atomic mass is 15.1. The molecule has 96 valence electrons. The van der Waals surface area contributed by atoms with Crippen molar-refractivity contribution in [2.75, 3.05) is 19.6 Å². The van der Waals surface area contributed by atoms with Gasteiger partial charge in [-0.2, -0.15) is 5.26 Å². The van der Waals surface area contributed by atoms with E-state index < -0.39 is 0 Å². The summed E-state index contributed by atoms with van der Waals surface area (Å²) in [6.45, 7) is 7.60. The van der Waals surface area contributed by atoms with Crippen LogP contribution < -0.4 is 0 Å². The van der Waals surface area contributed by atoms with Gasteiger partial charge in [-0.15, -0.1) is 0 Å². The summed E-state index contributed by atoms with van der Waals surface area (Å²) >= 11 is 0. The van der Waals surface area contributed by atoms with E-state index in [1.165, 1.54) is 29.5 Å². The Labute approximate surface area is 110 Å². The summed E-state index contributed by atoms with van der Waals surface area (Å²) in [4.78, 5) is 2.42. The summed E-state index contributed by atoms with van der Waals surface area (Å²) in [6, 6.07) is 9.05. The Morgan fingerprint density at radius 3 is 2.61 bits per heavy atom. The van der Waals surface area contributed by atoms with Gasteiger partial charge in [0.1, 0.15) is 0 Å². The van der Waals surface area contributed by atoms with Gasteiger partial charge in [-0.05, 0) is 56.8 Å². The van der Waals surface area contributed by atoms with Crippen molar-refractivity contribution >= 4 is 0 Å². The maximum absolute atomic E-state index is 8.61. The number of hydrogen-bond donors (Lipinski definition) is 0. The van der Waals surface area contributed by atoms with Crippen LogP contribution in [0.4, 0.5) is 0 Å². The fourth-order valence-electron chi connectivity index (χ4n) is 2.96. The minimum absolute atomic E-state index is 0.661. The van der Waals surface area contributed by atoms with Crippen LogP contribution in [0, 0.1) is 25.2 Å². The topological polar surface area (TPSA) is 27.0 Å². The SMILES string of the molecule is Cc1ccc(C2CCN(CCC#N)CC2)c(C)c1. The largest absolute Gasteiger partial charge is 0.302 e. The highest BCUT2D eigenvalue weighted by molar-refractivity contribution is 5.33. The van der Waals surface area contributed by atoms with Crippen LogP contribution in [0.3, 0.4) is 0 Å². The molecule has 0 N–H and O–H groups in total. The highest BCUT2D eigenvalue weighted by Gasteiger charge is 2.21. The lowest BCUT2D eigenvalue weighted by molar-refractivity contribution is 0.216. The second-order valence-electron chi connectivity index (χ2n) is 5.38. The molecule has 2 nitrogen and oxygen atoms in total. The third-order valence-electron chi connectivity index (χ3n) is 3.99. The second kappa shape index (κ2) is 6.02. The monoisotopic (exact) mass is 242 g/mol. The van der Waals surface area contributed by atoms with Crippen LogP contribution in [-0.2, 0) is 0 Å². The van der Waals surface area contributed by atoms with Gasteiger partial charge in [0.05, 0.1) is 6.07 Å². The summed E-state index contributed by atoms with van der Waals surface area (Å²) in [5.41, 5.74) is 4.31. The van der Waals surface area contributed by atoms with Crippen LogP contribution >= 0.6 is 0 Å². The van der Waals surface area contributed by atoms with Crippen molar-refractivity contribution in [3.63, 3.8) is 0 Å². The van der Waals surface area contributed by atoms with Crippen molar-refractivity contribution in [1.82, 2.24) is 4.90 Å². The molecule has 1 aromatic carbocycles. The van der Waals surface area contributed by atoms with Crippen LogP contribution in [0.15, 0.2) is 18.2 Å². The smallest absolute Gasteiger partial charge is 0.0635 e. The molecule has 1 aliphatic heterocycles. The molecule has 0 bridgehead atoms. The fraction of sp³-hybridized carbons (Fsp3) is 0.562. The van der Waals surface area contributed by atoms with Gasteiger partial charge in [-0.1, -0.05) is 23.8 Å². The summed E-state index contributed by atoms with van der Waals surface area (Å²) in [5.74, 6) is 0.712. The summed E-state index contributed by atoms with van der Waals surface area (Å²) in [7, 11) is 0. The molecular weight excluding hydrogens is 220 g/mol. The first-order valence-electron chi connectivity index (χ1n) is 6.87. The van der Waals surface area contributed by atoms with Gasteiger partial charge in [0.15, 0.2) is 0 Å². The number of piperidine rings is 1. The molecule has 0 atom stereocenters. The number of likely N-dealkylation sites (tertiary alicyclic amines) is 1. The minimum atomic E-state index is 0.661. The van der Waals surface area contributed by atoms with Crippen molar-refractivity contribution in [2.45, 2.75) is 39.0 Å². The zero-order valence-electron chi connectivity index (χ0n) is 11.4. The van der Waals surface area contributed by atoms with E-state index in [-0.39, 0.29) is 0 Å². The number of hydrogen-bond acceptors (Lipinski definition) is 2. The Hall–Kier alpha value is -1.33. The number of benzene rings is 1. The van der Waals surface area contributed by atoms with E-state index in [1.54, 1.807) is 0 Å². The molecule has 0 spiro atoms. The Morgan fingerprint density at radius 1 is 1.28 bits per heavy atom. The first-order chi connectivity index (χ1) is 8.70. The van der Waals surface area contributed by atoms with Crippen LogP contribution in [0.2, 0.25) is 0 Å². The first kappa shape index (κ1) is 13.1. The highest BCUT2D eigenvalue weighted by Crippen LogP contribution is 2.30. The van der Waals surface area contributed by atoms with Gasteiger partial charge >= 0.3 is 0 Å². The molecule has 1 saturated heterocycles. The molecule has 0 saturated carbocycles. The number of rotatable bonds is 3. The van der Waals surface area contributed by atoms with Gasteiger partial charge in [-0.3, -0.25) is 0 Å². The lowest BCUT2D eigenvalue weighted by atomic mass is 9.86. The fourth-order valence-corrected chi connectivity index (χ4v) is 2.96. The van der Waals surface area contributed by atoms with Crippen LogP contribution in [-0.4, -0.2) is 24.5 Å². The maximum Gasteiger partial charge on any atom is 0.0635 e. The number of nitriles is 1. The van der Waals surface area contributed by atoms with E-state index in [4.69, 9.17) is 5.26 Å². The third kappa shape index (κ3) is 3.11. The molecule has 1 aromatic rings. The van der Waals surface area contributed by atoms with Crippen LogP contribution in [0.5, 0.6) is 0 Å². The van der Waals surface area contributed by atoms with E-state index in [1.807, 2.05) is 0 Å². The Balaban J connectivity index is 1.95. The molecule has 0 radical (unpaired) electrons. The Morgan fingerprint density at radius 2 is 2.00 bits per heavy atom. The third-order valence-corrected chi connectivity index (χ3v) is 3.99. The summed E-state index contributed by atoms with van der Waals surface area (Å²) in [5, 5.41) is 8.61. The molecule has 2 heteroatoms. The predicted octanol–water partition coefficient (Wildman–Crippen LogP) is 3.40. The summed E-state index contributed by atoms with van der Waals surface area (Å²) in [6.07, 6.45) is 3.12. The van der Waals surface area contributed by atoms with Crippen molar-refractivity contribution in [1.29, 1.82) is 5.26 Å². The molecule has 0 aliphatic carbocycles. The maximum atomic E-state index is 8.61. The van der Waals surface area contributed by atoms with Crippen molar-refractivity contribution in [3.05, 3.63) is 34.9 Å². The first-order valence-corrected chi connectivity index (χ1v) is 6.87. The van der Waals surface area contributed by atoms with E-state index in [9.17, 15) is 0 Å². The van der Waals surface area contributed by atoms with Crippen molar-refractivity contribution < 1.29 is 0 Å². The average molecular weight is 242 g/mol. The van der Waals surface area contributed by atoms with E-state index in [0.717, 1.165) is 19.6 Å². The lowest BCUT2D eigenvalue weighted by Crippen LogP contribution is -2.33. The molecule has 0 amide bonds.